The monoisotopic (exact) mass is 274 g/mol. The van der Waals surface area contributed by atoms with Gasteiger partial charge in [0.05, 0.1) is 7.11 Å². The van der Waals surface area contributed by atoms with Crippen LogP contribution in [0.5, 0.6) is 5.75 Å². The smallest absolute Gasteiger partial charge is 0.121 e. The van der Waals surface area contributed by atoms with Gasteiger partial charge in [0, 0.05) is 25.2 Å². The van der Waals surface area contributed by atoms with E-state index in [4.69, 9.17) is 4.74 Å². The van der Waals surface area contributed by atoms with E-state index in [0.717, 1.165) is 18.3 Å². The lowest BCUT2D eigenvalue weighted by atomic mass is 10.1. The van der Waals surface area contributed by atoms with Crippen LogP contribution in [0.4, 0.5) is 0 Å². The van der Waals surface area contributed by atoms with Gasteiger partial charge >= 0.3 is 0 Å². The van der Waals surface area contributed by atoms with Crippen LogP contribution in [0.25, 0.3) is 0 Å². The average molecular weight is 274 g/mol. The van der Waals surface area contributed by atoms with Crippen LogP contribution in [-0.4, -0.2) is 37.2 Å². The van der Waals surface area contributed by atoms with Gasteiger partial charge in [-0.05, 0) is 56.3 Å². The molecular weight excluding hydrogens is 248 g/mol. The summed E-state index contributed by atoms with van der Waals surface area (Å²) in [4.78, 5) is 2.67. The zero-order valence-corrected chi connectivity index (χ0v) is 12.7. The molecule has 1 heterocycles. The Labute approximate surface area is 122 Å². The maximum absolute atomic E-state index is 5.35. The molecule has 3 rings (SSSR count). The molecule has 0 spiro atoms. The van der Waals surface area contributed by atoms with E-state index >= 15 is 0 Å². The van der Waals surface area contributed by atoms with Crippen molar-refractivity contribution in [2.45, 2.75) is 51.2 Å². The van der Waals surface area contributed by atoms with E-state index in [1.807, 2.05) is 0 Å². The Morgan fingerprint density at radius 1 is 1.30 bits per heavy atom. The van der Waals surface area contributed by atoms with Gasteiger partial charge in [0.15, 0.2) is 0 Å². The number of ether oxygens (including phenoxy) is 1. The number of benzene rings is 1. The first-order valence-electron chi connectivity index (χ1n) is 7.87. The Hall–Kier alpha value is -1.06. The highest BCUT2D eigenvalue weighted by atomic mass is 16.5. The number of nitrogens with one attached hydrogen (secondary N) is 1. The second-order valence-corrected chi connectivity index (χ2v) is 6.26. The average Bonchev–Trinajstić information content (AvgIpc) is 3.17. The molecule has 0 bridgehead atoms. The number of hydrogen-bond donors (Lipinski definition) is 1. The molecule has 2 fully saturated rings. The van der Waals surface area contributed by atoms with Crippen molar-refractivity contribution >= 4 is 0 Å². The Kier molecular flexibility index (Phi) is 4.27. The molecule has 0 aromatic heterocycles. The Bertz CT molecular complexity index is 450. The fourth-order valence-corrected chi connectivity index (χ4v) is 3.25. The van der Waals surface area contributed by atoms with E-state index in [0.29, 0.717) is 6.04 Å². The van der Waals surface area contributed by atoms with Crippen molar-refractivity contribution in [1.82, 2.24) is 10.2 Å². The van der Waals surface area contributed by atoms with E-state index < -0.39 is 0 Å². The third-order valence-electron chi connectivity index (χ3n) is 4.53. The van der Waals surface area contributed by atoms with Crippen LogP contribution in [0, 0.1) is 6.92 Å². The first-order valence-corrected chi connectivity index (χ1v) is 7.87. The molecule has 1 unspecified atom stereocenters. The van der Waals surface area contributed by atoms with Gasteiger partial charge in [-0.3, -0.25) is 4.90 Å². The standard InChI is InChI=1S/C17H26N2O/c1-13-10-14(5-8-17(13)20-2)11-19(16-6-7-16)12-15-4-3-9-18-15/h5,8,10,15-16,18H,3-4,6-7,9,11-12H2,1-2H3. The molecule has 1 aliphatic carbocycles. The summed E-state index contributed by atoms with van der Waals surface area (Å²) < 4.78 is 5.35. The number of rotatable bonds is 6. The highest BCUT2D eigenvalue weighted by Crippen LogP contribution is 2.30. The number of methoxy groups -OCH3 is 1. The highest BCUT2D eigenvalue weighted by molar-refractivity contribution is 5.36. The van der Waals surface area contributed by atoms with Crippen molar-refractivity contribution < 1.29 is 4.74 Å². The van der Waals surface area contributed by atoms with Crippen LogP contribution in [0.1, 0.15) is 36.8 Å². The first-order chi connectivity index (χ1) is 9.76. The predicted molar refractivity (Wildman–Crippen MR) is 82.2 cm³/mol. The molecule has 1 atom stereocenters. The molecule has 1 aliphatic heterocycles. The van der Waals surface area contributed by atoms with Crippen LogP contribution in [0.2, 0.25) is 0 Å². The lowest BCUT2D eigenvalue weighted by Gasteiger charge is -2.26. The molecule has 1 N–H and O–H groups in total. The minimum absolute atomic E-state index is 0.704. The summed E-state index contributed by atoms with van der Waals surface area (Å²) in [6.45, 7) is 5.61. The number of nitrogens with zero attached hydrogens (tertiary/aromatic N) is 1. The van der Waals surface area contributed by atoms with Crippen LogP contribution >= 0.6 is 0 Å². The van der Waals surface area contributed by atoms with Crippen LogP contribution in [0.15, 0.2) is 18.2 Å². The molecule has 110 valence electrons. The zero-order chi connectivity index (χ0) is 13.9. The van der Waals surface area contributed by atoms with Crippen molar-refractivity contribution in [3.8, 4) is 5.75 Å². The number of hydrogen-bond acceptors (Lipinski definition) is 3. The van der Waals surface area contributed by atoms with Crippen molar-refractivity contribution in [3.05, 3.63) is 29.3 Å². The van der Waals surface area contributed by atoms with Gasteiger partial charge in [-0.15, -0.1) is 0 Å². The molecule has 0 amide bonds. The molecule has 3 nitrogen and oxygen atoms in total. The van der Waals surface area contributed by atoms with E-state index in [-0.39, 0.29) is 0 Å². The lowest BCUT2D eigenvalue weighted by Crippen LogP contribution is -2.38. The highest BCUT2D eigenvalue weighted by Gasteiger charge is 2.31. The molecule has 1 aromatic rings. The summed E-state index contributed by atoms with van der Waals surface area (Å²) >= 11 is 0. The second kappa shape index (κ2) is 6.15. The van der Waals surface area contributed by atoms with Gasteiger partial charge in [-0.25, -0.2) is 0 Å². The third kappa shape index (κ3) is 3.33. The van der Waals surface area contributed by atoms with Gasteiger partial charge in [0.25, 0.3) is 0 Å². The quantitative estimate of drug-likeness (QED) is 0.863. The fraction of sp³-hybridized carbons (Fsp3) is 0.647. The molecular formula is C17H26N2O. The molecule has 1 saturated heterocycles. The number of aryl methyl sites for hydroxylation is 1. The van der Waals surface area contributed by atoms with Crippen LogP contribution in [-0.2, 0) is 6.54 Å². The SMILES string of the molecule is COc1ccc(CN(CC2CCCN2)C2CC2)cc1C. The maximum Gasteiger partial charge on any atom is 0.121 e. The molecule has 1 saturated carbocycles. The lowest BCUT2D eigenvalue weighted by molar-refractivity contribution is 0.231. The van der Waals surface area contributed by atoms with Crippen LogP contribution < -0.4 is 10.1 Å². The van der Waals surface area contributed by atoms with E-state index in [2.05, 4.69) is 35.3 Å². The topological polar surface area (TPSA) is 24.5 Å². The summed E-state index contributed by atoms with van der Waals surface area (Å²) in [5.74, 6) is 0.990. The van der Waals surface area contributed by atoms with E-state index in [9.17, 15) is 0 Å². The summed E-state index contributed by atoms with van der Waals surface area (Å²) in [5, 5.41) is 3.62. The van der Waals surface area contributed by atoms with Gasteiger partial charge < -0.3 is 10.1 Å². The summed E-state index contributed by atoms with van der Waals surface area (Å²) in [6.07, 6.45) is 5.43. The van der Waals surface area contributed by atoms with Crippen molar-refractivity contribution in [2.24, 2.45) is 0 Å². The summed E-state index contributed by atoms with van der Waals surface area (Å²) in [7, 11) is 1.74. The van der Waals surface area contributed by atoms with Crippen molar-refractivity contribution in [3.63, 3.8) is 0 Å². The maximum atomic E-state index is 5.35. The summed E-state index contributed by atoms with van der Waals surface area (Å²) in [5.41, 5.74) is 2.65. The van der Waals surface area contributed by atoms with Crippen molar-refractivity contribution in [1.29, 1.82) is 0 Å². The Balaban J connectivity index is 1.64. The second-order valence-electron chi connectivity index (χ2n) is 6.26. The first kappa shape index (κ1) is 13.9. The summed E-state index contributed by atoms with van der Waals surface area (Å²) in [6, 6.07) is 8.11. The molecule has 2 aliphatic rings. The molecule has 0 radical (unpaired) electrons. The van der Waals surface area contributed by atoms with Crippen molar-refractivity contribution in [2.75, 3.05) is 20.2 Å². The molecule has 20 heavy (non-hydrogen) atoms. The van der Waals surface area contributed by atoms with Gasteiger partial charge in [0.1, 0.15) is 5.75 Å². The van der Waals surface area contributed by atoms with Gasteiger partial charge in [-0.1, -0.05) is 12.1 Å². The van der Waals surface area contributed by atoms with Gasteiger partial charge in [-0.2, -0.15) is 0 Å². The Morgan fingerprint density at radius 2 is 2.15 bits per heavy atom. The van der Waals surface area contributed by atoms with Gasteiger partial charge in [0.2, 0.25) is 0 Å². The van der Waals surface area contributed by atoms with Crippen LogP contribution in [0.3, 0.4) is 0 Å². The minimum Gasteiger partial charge on any atom is -0.496 e. The minimum atomic E-state index is 0.704. The van der Waals surface area contributed by atoms with E-state index in [1.165, 1.54) is 49.9 Å². The Morgan fingerprint density at radius 3 is 2.75 bits per heavy atom. The molecule has 1 aromatic carbocycles. The largest absolute Gasteiger partial charge is 0.496 e. The third-order valence-corrected chi connectivity index (χ3v) is 4.53. The fourth-order valence-electron chi connectivity index (χ4n) is 3.25. The molecule has 3 heteroatoms. The normalized spacial score (nSPS) is 22.4. The predicted octanol–water partition coefficient (Wildman–Crippen LogP) is 2.72. The zero-order valence-electron chi connectivity index (χ0n) is 12.7. The van der Waals surface area contributed by atoms with E-state index in [1.54, 1.807) is 7.11 Å².